The summed E-state index contributed by atoms with van der Waals surface area (Å²) < 4.78 is 24.3. The minimum absolute atomic E-state index is 0.244. The summed E-state index contributed by atoms with van der Waals surface area (Å²) in [5, 5.41) is 2.84. The molecule has 0 aliphatic heterocycles. The zero-order chi connectivity index (χ0) is 17.5. The molecule has 1 amide bonds. The number of carbonyl (C=O) groups is 1. The van der Waals surface area contributed by atoms with Crippen LogP contribution in [0.3, 0.4) is 0 Å². The molecule has 1 fully saturated rings. The van der Waals surface area contributed by atoms with Gasteiger partial charge in [0.15, 0.2) is 5.76 Å². The third-order valence-corrected chi connectivity index (χ3v) is 4.47. The molecule has 1 aromatic heterocycles. The largest absolute Gasteiger partial charge is 0.451 e. The van der Waals surface area contributed by atoms with E-state index in [1.807, 2.05) is 0 Å². The number of ether oxygens (including phenoxy) is 1. The molecule has 0 spiro atoms. The van der Waals surface area contributed by atoms with Crippen molar-refractivity contribution in [2.24, 2.45) is 0 Å². The summed E-state index contributed by atoms with van der Waals surface area (Å²) >= 11 is 0. The summed E-state index contributed by atoms with van der Waals surface area (Å²) in [6.45, 7) is 1.22. The fourth-order valence-electron chi connectivity index (χ4n) is 3.07. The van der Waals surface area contributed by atoms with Gasteiger partial charge in [0.2, 0.25) is 0 Å². The second-order valence-corrected chi connectivity index (χ2v) is 6.41. The van der Waals surface area contributed by atoms with Gasteiger partial charge in [-0.1, -0.05) is 19.3 Å². The normalized spacial score (nSPS) is 15.2. The maximum absolute atomic E-state index is 13.0. The number of halogens is 1. The predicted octanol–water partition coefficient (Wildman–Crippen LogP) is 4.55. The first-order valence-corrected chi connectivity index (χ1v) is 8.98. The van der Waals surface area contributed by atoms with Crippen LogP contribution in [0, 0.1) is 5.82 Å². The molecule has 0 bridgehead atoms. The molecule has 4 nitrogen and oxygen atoms in total. The lowest BCUT2D eigenvalue weighted by Gasteiger charge is -2.21. The lowest BCUT2D eigenvalue weighted by Crippen LogP contribution is -2.25. The van der Waals surface area contributed by atoms with Crippen molar-refractivity contribution in [3.63, 3.8) is 0 Å². The van der Waals surface area contributed by atoms with E-state index in [1.165, 1.54) is 31.4 Å². The molecule has 1 aromatic carbocycles. The Kier molecular flexibility index (Phi) is 6.23. The lowest BCUT2D eigenvalue weighted by atomic mass is 9.98. The van der Waals surface area contributed by atoms with Gasteiger partial charge in [0.25, 0.3) is 5.91 Å². The number of hydrogen-bond acceptors (Lipinski definition) is 3. The van der Waals surface area contributed by atoms with Crippen molar-refractivity contribution in [2.75, 3.05) is 13.2 Å². The number of amides is 1. The third kappa shape index (κ3) is 5.16. The van der Waals surface area contributed by atoms with Crippen LogP contribution in [0.5, 0.6) is 0 Å². The zero-order valence-electron chi connectivity index (χ0n) is 14.3. The molecule has 3 rings (SSSR count). The van der Waals surface area contributed by atoms with E-state index in [9.17, 15) is 9.18 Å². The minimum Gasteiger partial charge on any atom is -0.451 e. The smallest absolute Gasteiger partial charge is 0.287 e. The zero-order valence-corrected chi connectivity index (χ0v) is 14.3. The van der Waals surface area contributed by atoms with Crippen LogP contribution in [0.4, 0.5) is 4.39 Å². The molecule has 0 atom stereocenters. The Morgan fingerprint density at radius 3 is 2.64 bits per heavy atom. The Labute approximate surface area is 147 Å². The lowest BCUT2D eigenvalue weighted by molar-refractivity contribution is 0.0273. The molecule has 0 radical (unpaired) electrons. The van der Waals surface area contributed by atoms with E-state index >= 15 is 0 Å². The number of nitrogens with one attached hydrogen (secondary N) is 1. The van der Waals surface area contributed by atoms with Crippen molar-refractivity contribution < 1.29 is 18.3 Å². The van der Waals surface area contributed by atoms with Crippen LogP contribution in [0.1, 0.15) is 49.1 Å². The minimum atomic E-state index is -0.302. The van der Waals surface area contributed by atoms with Gasteiger partial charge in [-0.3, -0.25) is 4.79 Å². The first-order valence-electron chi connectivity index (χ1n) is 8.98. The van der Waals surface area contributed by atoms with Crippen molar-refractivity contribution in [3.8, 4) is 11.3 Å². The van der Waals surface area contributed by atoms with Gasteiger partial charge in [-0.05, 0) is 55.7 Å². The predicted molar refractivity (Wildman–Crippen MR) is 93.9 cm³/mol. The highest BCUT2D eigenvalue weighted by molar-refractivity contribution is 5.92. The van der Waals surface area contributed by atoms with Crippen LogP contribution >= 0.6 is 0 Å². The SMILES string of the molecule is O=C(NCCCOC1CCCCC1)c1ccc(-c2ccc(F)cc2)o1. The van der Waals surface area contributed by atoms with Gasteiger partial charge in [0, 0.05) is 18.7 Å². The third-order valence-electron chi connectivity index (χ3n) is 4.47. The molecule has 1 N–H and O–H groups in total. The molecule has 1 aliphatic rings. The maximum Gasteiger partial charge on any atom is 0.287 e. The van der Waals surface area contributed by atoms with Gasteiger partial charge in [-0.25, -0.2) is 4.39 Å². The topological polar surface area (TPSA) is 51.5 Å². The summed E-state index contributed by atoms with van der Waals surface area (Å²) in [5.74, 6) is 0.257. The second-order valence-electron chi connectivity index (χ2n) is 6.41. The quantitative estimate of drug-likeness (QED) is 0.749. The summed E-state index contributed by atoms with van der Waals surface area (Å²) in [5.41, 5.74) is 0.737. The highest BCUT2D eigenvalue weighted by Crippen LogP contribution is 2.22. The summed E-state index contributed by atoms with van der Waals surface area (Å²) in [6.07, 6.45) is 7.34. The summed E-state index contributed by atoms with van der Waals surface area (Å²) in [4.78, 5) is 12.1. The average Bonchev–Trinajstić information content (AvgIpc) is 3.13. The number of furan rings is 1. The van der Waals surface area contributed by atoms with E-state index < -0.39 is 0 Å². The van der Waals surface area contributed by atoms with E-state index in [4.69, 9.17) is 9.15 Å². The fraction of sp³-hybridized carbons (Fsp3) is 0.450. The van der Waals surface area contributed by atoms with E-state index in [-0.39, 0.29) is 17.5 Å². The van der Waals surface area contributed by atoms with Crippen LogP contribution in [0.2, 0.25) is 0 Å². The first kappa shape index (κ1) is 17.7. The van der Waals surface area contributed by atoms with Gasteiger partial charge < -0.3 is 14.5 Å². The molecule has 5 heteroatoms. The van der Waals surface area contributed by atoms with Gasteiger partial charge >= 0.3 is 0 Å². The van der Waals surface area contributed by atoms with Crippen molar-refractivity contribution in [1.29, 1.82) is 0 Å². The first-order chi connectivity index (χ1) is 12.2. The Bertz CT molecular complexity index is 675. The van der Waals surface area contributed by atoms with E-state index in [2.05, 4.69) is 5.32 Å². The van der Waals surface area contributed by atoms with Crippen molar-refractivity contribution in [2.45, 2.75) is 44.6 Å². The molecule has 1 saturated carbocycles. The Morgan fingerprint density at radius 1 is 1.12 bits per heavy atom. The Morgan fingerprint density at radius 2 is 1.88 bits per heavy atom. The average molecular weight is 345 g/mol. The molecule has 0 unspecified atom stereocenters. The van der Waals surface area contributed by atoms with E-state index in [1.54, 1.807) is 24.3 Å². The van der Waals surface area contributed by atoms with Crippen LogP contribution in [0.15, 0.2) is 40.8 Å². The van der Waals surface area contributed by atoms with Gasteiger partial charge in [-0.2, -0.15) is 0 Å². The Balaban J connectivity index is 1.40. The molecular weight excluding hydrogens is 321 g/mol. The van der Waals surface area contributed by atoms with Crippen molar-refractivity contribution >= 4 is 5.91 Å². The van der Waals surface area contributed by atoms with Crippen LogP contribution in [-0.2, 0) is 4.74 Å². The molecule has 0 saturated heterocycles. The van der Waals surface area contributed by atoms with Gasteiger partial charge in [0.05, 0.1) is 6.10 Å². The van der Waals surface area contributed by atoms with E-state index in [0.29, 0.717) is 25.0 Å². The van der Waals surface area contributed by atoms with Crippen molar-refractivity contribution in [3.05, 3.63) is 48.0 Å². The van der Waals surface area contributed by atoms with Crippen LogP contribution < -0.4 is 5.32 Å². The summed E-state index contributed by atoms with van der Waals surface area (Å²) in [7, 11) is 0. The highest BCUT2D eigenvalue weighted by atomic mass is 19.1. The van der Waals surface area contributed by atoms with Crippen LogP contribution in [-0.4, -0.2) is 25.2 Å². The second kappa shape index (κ2) is 8.81. The molecule has 1 aliphatic carbocycles. The molecule has 134 valence electrons. The molecule has 2 aromatic rings. The van der Waals surface area contributed by atoms with Gasteiger partial charge in [-0.15, -0.1) is 0 Å². The fourth-order valence-corrected chi connectivity index (χ4v) is 3.07. The maximum atomic E-state index is 13.0. The number of hydrogen-bond donors (Lipinski definition) is 1. The Hall–Kier alpha value is -2.14. The highest BCUT2D eigenvalue weighted by Gasteiger charge is 2.14. The summed E-state index contributed by atoms with van der Waals surface area (Å²) in [6, 6.07) is 9.33. The molecule has 1 heterocycles. The molecule has 25 heavy (non-hydrogen) atoms. The van der Waals surface area contributed by atoms with Crippen molar-refractivity contribution in [1.82, 2.24) is 5.32 Å². The standard InChI is InChI=1S/C20H24FNO3/c21-16-9-7-15(8-10-16)18-11-12-19(25-18)20(23)22-13-4-14-24-17-5-2-1-3-6-17/h7-12,17H,1-6,13-14H2,(H,22,23). The monoisotopic (exact) mass is 345 g/mol. The van der Waals surface area contributed by atoms with Crippen LogP contribution in [0.25, 0.3) is 11.3 Å². The number of carbonyl (C=O) groups excluding carboxylic acids is 1. The number of benzene rings is 1. The van der Waals surface area contributed by atoms with Gasteiger partial charge in [0.1, 0.15) is 11.6 Å². The number of rotatable bonds is 7. The van der Waals surface area contributed by atoms with E-state index in [0.717, 1.165) is 24.8 Å². The molecular formula is C20H24FNO3.